The maximum atomic E-state index is 13.2. The maximum absolute atomic E-state index is 13.2. The van der Waals surface area contributed by atoms with E-state index in [0.29, 0.717) is 13.2 Å². The van der Waals surface area contributed by atoms with Gasteiger partial charge in [-0.2, -0.15) is 0 Å². The number of halogens is 1. The van der Waals surface area contributed by atoms with Crippen LogP contribution < -0.4 is 0 Å². The average molecular weight is 253 g/mol. The van der Waals surface area contributed by atoms with Crippen molar-refractivity contribution in [2.24, 2.45) is 0 Å². The van der Waals surface area contributed by atoms with Gasteiger partial charge in [-0.1, -0.05) is 6.07 Å². The standard InChI is InChI=1S/C14H20FNO2/c1-10-14-4-3-12(15)7-11(14)5-6-16(10)8-13(17)9-18-2/h3-4,7,10,13,17H,5-6,8-9H2,1-2H3. The van der Waals surface area contributed by atoms with Gasteiger partial charge in [0.1, 0.15) is 5.82 Å². The molecule has 2 unspecified atom stereocenters. The number of hydrogen-bond acceptors (Lipinski definition) is 3. The number of aliphatic hydroxyl groups excluding tert-OH is 1. The van der Waals surface area contributed by atoms with Crippen LogP contribution in [0.4, 0.5) is 4.39 Å². The Hall–Kier alpha value is -0.970. The molecule has 1 heterocycles. The number of hydrogen-bond donors (Lipinski definition) is 1. The Morgan fingerprint density at radius 3 is 3.06 bits per heavy atom. The molecule has 1 aromatic rings. The van der Waals surface area contributed by atoms with E-state index >= 15 is 0 Å². The molecule has 1 aliphatic heterocycles. The minimum absolute atomic E-state index is 0.172. The molecule has 0 bridgehead atoms. The SMILES string of the molecule is COCC(O)CN1CCc2cc(F)ccc2C1C. The number of nitrogens with zero attached hydrogens (tertiary/aromatic N) is 1. The van der Waals surface area contributed by atoms with E-state index in [1.807, 2.05) is 6.07 Å². The lowest BCUT2D eigenvalue weighted by molar-refractivity contribution is 0.0263. The summed E-state index contributed by atoms with van der Waals surface area (Å²) in [5, 5.41) is 9.78. The van der Waals surface area contributed by atoms with Crippen molar-refractivity contribution in [2.75, 3.05) is 26.8 Å². The van der Waals surface area contributed by atoms with Crippen molar-refractivity contribution in [3.05, 3.63) is 35.1 Å². The van der Waals surface area contributed by atoms with Gasteiger partial charge in [0, 0.05) is 26.2 Å². The van der Waals surface area contributed by atoms with Crippen molar-refractivity contribution in [1.29, 1.82) is 0 Å². The summed E-state index contributed by atoms with van der Waals surface area (Å²) in [5.74, 6) is -0.172. The van der Waals surface area contributed by atoms with Crippen LogP contribution in [0.5, 0.6) is 0 Å². The number of methoxy groups -OCH3 is 1. The van der Waals surface area contributed by atoms with Gasteiger partial charge in [-0.15, -0.1) is 0 Å². The van der Waals surface area contributed by atoms with Crippen LogP contribution in [-0.2, 0) is 11.2 Å². The van der Waals surface area contributed by atoms with Gasteiger partial charge in [-0.25, -0.2) is 4.39 Å². The van der Waals surface area contributed by atoms with E-state index in [1.54, 1.807) is 13.2 Å². The van der Waals surface area contributed by atoms with Gasteiger partial charge in [0.15, 0.2) is 0 Å². The number of aliphatic hydroxyl groups is 1. The number of ether oxygens (including phenoxy) is 1. The van der Waals surface area contributed by atoms with Crippen LogP contribution in [0.2, 0.25) is 0 Å². The van der Waals surface area contributed by atoms with Gasteiger partial charge in [0.25, 0.3) is 0 Å². The second-order valence-electron chi connectivity index (χ2n) is 4.87. The Morgan fingerprint density at radius 1 is 1.56 bits per heavy atom. The highest BCUT2D eigenvalue weighted by Crippen LogP contribution is 2.29. The highest BCUT2D eigenvalue weighted by atomic mass is 19.1. The van der Waals surface area contributed by atoms with E-state index in [0.717, 1.165) is 24.1 Å². The van der Waals surface area contributed by atoms with Crippen LogP contribution in [0.1, 0.15) is 24.1 Å². The summed E-state index contributed by atoms with van der Waals surface area (Å²) in [6.07, 6.45) is 0.358. The minimum atomic E-state index is -0.473. The summed E-state index contributed by atoms with van der Waals surface area (Å²) >= 11 is 0. The molecule has 1 aromatic carbocycles. The zero-order valence-electron chi connectivity index (χ0n) is 10.9. The van der Waals surface area contributed by atoms with Gasteiger partial charge in [-0.3, -0.25) is 4.90 Å². The van der Waals surface area contributed by atoms with Gasteiger partial charge >= 0.3 is 0 Å². The quantitative estimate of drug-likeness (QED) is 0.887. The molecule has 2 atom stereocenters. The third kappa shape index (κ3) is 2.88. The number of β-amino-alcohol motifs (C(OH)–C–C–N with tert-alkyl or cyclic N) is 1. The largest absolute Gasteiger partial charge is 0.389 e. The van der Waals surface area contributed by atoms with E-state index in [2.05, 4.69) is 11.8 Å². The number of rotatable bonds is 4. The third-order valence-corrected chi connectivity index (χ3v) is 3.58. The molecule has 3 nitrogen and oxygen atoms in total. The predicted octanol–water partition coefficient (Wildman–Crippen LogP) is 1.75. The van der Waals surface area contributed by atoms with Crippen molar-refractivity contribution < 1.29 is 14.2 Å². The topological polar surface area (TPSA) is 32.7 Å². The minimum Gasteiger partial charge on any atom is -0.389 e. The van der Waals surface area contributed by atoms with E-state index in [9.17, 15) is 9.50 Å². The average Bonchev–Trinajstić information content (AvgIpc) is 2.33. The van der Waals surface area contributed by atoms with Gasteiger partial charge in [-0.05, 0) is 36.6 Å². The molecule has 0 saturated carbocycles. The van der Waals surface area contributed by atoms with Crippen LogP contribution in [0.15, 0.2) is 18.2 Å². The highest BCUT2D eigenvalue weighted by molar-refractivity contribution is 5.32. The first-order valence-electron chi connectivity index (χ1n) is 6.31. The predicted molar refractivity (Wildman–Crippen MR) is 68.0 cm³/mol. The summed E-state index contributed by atoms with van der Waals surface area (Å²) in [5.41, 5.74) is 2.24. The van der Waals surface area contributed by atoms with Crippen LogP contribution in [0.25, 0.3) is 0 Å². The zero-order valence-corrected chi connectivity index (χ0v) is 10.9. The van der Waals surface area contributed by atoms with Crippen molar-refractivity contribution >= 4 is 0 Å². The second kappa shape index (κ2) is 5.78. The van der Waals surface area contributed by atoms with Gasteiger partial charge < -0.3 is 9.84 Å². The van der Waals surface area contributed by atoms with Crippen molar-refractivity contribution in [3.63, 3.8) is 0 Å². The summed E-state index contributed by atoms with van der Waals surface area (Å²) in [6.45, 7) is 3.87. The molecule has 2 rings (SSSR count). The zero-order chi connectivity index (χ0) is 13.1. The number of fused-ring (bicyclic) bond motifs is 1. The molecule has 0 amide bonds. The summed E-state index contributed by atoms with van der Waals surface area (Å²) < 4.78 is 18.1. The monoisotopic (exact) mass is 253 g/mol. The van der Waals surface area contributed by atoms with E-state index in [-0.39, 0.29) is 11.9 Å². The molecule has 1 N–H and O–H groups in total. The Morgan fingerprint density at radius 2 is 2.33 bits per heavy atom. The second-order valence-corrected chi connectivity index (χ2v) is 4.87. The normalized spacial score (nSPS) is 21.7. The first kappa shape index (κ1) is 13.5. The lowest BCUT2D eigenvalue weighted by atomic mass is 9.93. The van der Waals surface area contributed by atoms with Crippen molar-refractivity contribution in [1.82, 2.24) is 4.90 Å². The van der Waals surface area contributed by atoms with E-state index in [4.69, 9.17) is 4.74 Å². The van der Waals surface area contributed by atoms with Crippen molar-refractivity contribution in [2.45, 2.75) is 25.5 Å². The Bertz CT molecular complexity index is 411. The smallest absolute Gasteiger partial charge is 0.123 e. The molecule has 1 aliphatic rings. The molecule has 0 radical (unpaired) electrons. The Kier molecular flexibility index (Phi) is 4.32. The first-order valence-corrected chi connectivity index (χ1v) is 6.31. The Balaban J connectivity index is 2.08. The molecular weight excluding hydrogens is 233 g/mol. The van der Waals surface area contributed by atoms with Gasteiger partial charge in [0.05, 0.1) is 12.7 Å². The van der Waals surface area contributed by atoms with Crippen LogP contribution >= 0.6 is 0 Å². The molecule has 4 heteroatoms. The summed E-state index contributed by atoms with van der Waals surface area (Å²) in [7, 11) is 1.58. The lowest BCUT2D eigenvalue weighted by Gasteiger charge is -2.36. The van der Waals surface area contributed by atoms with Crippen LogP contribution in [0, 0.1) is 5.82 Å². The highest BCUT2D eigenvalue weighted by Gasteiger charge is 2.25. The lowest BCUT2D eigenvalue weighted by Crippen LogP contribution is -2.40. The third-order valence-electron chi connectivity index (χ3n) is 3.58. The molecule has 18 heavy (non-hydrogen) atoms. The van der Waals surface area contributed by atoms with Gasteiger partial charge in [0.2, 0.25) is 0 Å². The number of benzene rings is 1. The molecule has 0 aliphatic carbocycles. The van der Waals surface area contributed by atoms with Crippen LogP contribution in [0.3, 0.4) is 0 Å². The molecular formula is C14H20FNO2. The fourth-order valence-corrected chi connectivity index (χ4v) is 2.62. The maximum Gasteiger partial charge on any atom is 0.123 e. The van der Waals surface area contributed by atoms with E-state index < -0.39 is 6.10 Å². The summed E-state index contributed by atoms with van der Waals surface area (Å²) in [6, 6.07) is 5.18. The molecule has 0 aromatic heterocycles. The Labute approximate surface area is 107 Å². The van der Waals surface area contributed by atoms with Crippen molar-refractivity contribution in [3.8, 4) is 0 Å². The molecule has 0 fully saturated rings. The first-order chi connectivity index (χ1) is 8.61. The fraction of sp³-hybridized carbons (Fsp3) is 0.571. The molecule has 0 spiro atoms. The molecule has 100 valence electrons. The summed E-state index contributed by atoms with van der Waals surface area (Å²) in [4.78, 5) is 2.21. The fourth-order valence-electron chi connectivity index (χ4n) is 2.62. The molecule has 0 saturated heterocycles. The van der Waals surface area contributed by atoms with Crippen LogP contribution in [-0.4, -0.2) is 42.9 Å². The van der Waals surface area contributed by atoms with E-state index in [1.165, 1.54) is 6.07 Å².